The van der Waals surface area contributed by atoms with E-state index in [2.05, 4.69) is 14.6 Å². The number of aryl methyl sites for hydroxylation is 3. The molecule has 1 aromatic carbocycles. The van der Waals surface area contributed by atoms with Crippen LogP contribution in [0.4, 0.5) is 5.82 Å². The first-order chi connectivity index (χ1) is 12.4. The minimum atomic E-state index is -3.47. The maximum absolute atomic E-state index is 12.7. The van der Waals surface area contributed by atoms with Crippen molar-refractivity contribution in [2.24, 2.45) is 5.92 Å². The van der Waals surface area contributed by atoms with Crippen LogP contribution in [0.3, 0.4) is 0 Å². The van der Waals surface area contributed by atoms with Gasteiger partial charge in [-0.25, -0.2) is 18.1 Å². The van der Waals surface area contributed by atoms with Crippen LogP contribution in [0.1, 0.15) is 29.5 Å². The van der Waals surface area contributed by atoms with E-state index in [1.807, 2.05) is 45.0 Å². The second-order valence-electron chi connectivity index (χ2n) is 7.17. The Labute approximate surface area is 156 Å². The summed E-state index contributed by atoms with van der Waals surface area (Å²) < 4.78 is 28.3. The van der Waals surface area contributed by atoms with E-state index in [9.17, 15) is 8.42 Å². The van der Waals surface area contributed by atoms with Crippen LogP contribution >= 0.6 is 0 Å². The molecule has 0 saturated carbocycles. The van der Waals surface area contributed by atoms with Crippen molar-refractivity contribution >= 4 is 15.8 Å². The number of nitrogens with one attached hydrogen (secondary N) is 1. The van der Waals surface area contributed by atoms with Gasteiger partial charge in [0.05, 0.1) is 4.90 Å². The molecule has 1 saturated heterocycles. The van der Waals surface area contributed by atoms with Crippen LogP contribution in [-0.2, 0) is 10.0 Å². The number of pyridine rings is 1. The zero-order chi connectivity index (χ0) is 18.7. The molecule has 2 aromatic rings. The van der Waals surface area contributed by atoms with Gasteiger partial charge in [-0.05, 0) is 74.4 Å². The molecule has 3 rings (SSSR count). The third-order valence-corrected chi connectivity index (χ3v) is 6.80. The summed E-state index contributed by atoms with van der Waals surface area (Å²) in [4.78, 5) is 7.05. The Balaban J connectivity index is 1.59. The summed E-state index contributed by atoms with van der Waals surface area (Å²) >= 11 is 0. The van der Waals surface area contributed by atoms with Gasteiger partial charge in [0, 0.05) is 25.8 Å². The van der Waals surface area contributed by atoms with Gasteiger partial charge < -0.3 is 4.90 Å². The normalized spacial score (nSPS) is 16.0. The van der Waals surface area contributed by atoms with Gasteiger partial charge in [0.1, 0.15) is 5.82 Å². The van der Waals surface area contributed by atoms with Crippen molar-refractivity contribution in [1.82, 2.24) is 9.71 Å². The van der Waals surface area contributed by atoms with E-state index in [-0.39, 0.29) is 0 Å². The maximum atomic E-state index is 12.7. The highest BCUT2D eigenvalue weighted by atomic mass is 32.2. The molecule has 5 nitrogen and oxygen atoms in total. The van der Waals surface area contributed by atoms with Gasteiger partial charge in [0.2, 0.25) is 10.0 Å². The number of aromatic nitrogens is 1. The number of nitrogens with zero attached hydrogens (tertiary/aromatic N) is 2. The molecule has 26 heavy (non-hydrogen) atoms. The fraction of sp³-hybridized carbons (Fsp3) is 0.450. The molecule has 0 amide bonds. The Morgan fingerprint density at radius 2 is 1.77 bits per heavy atom. The first kappa shape index (κ1) is 18.9. The largest absolute Gasteiger partial charge is 0.357 e. The summed E-state index contributed by atoms with van der Waals surface area (Å²) in [5.41, 5.74) is 2.91. The van der Waals surface area contributed by atoms with Crippen LogP contribution in [0.5, 0.6) is 0 Å². The minimum absolute atomic E-state index is 0.358. The highest BCUT2D eigenvalue weighted by Gasteiger charge is 2.23. The molecule has 0 radical (unpaired) electrons. The lowest BCUT2D eigenvalue weighted by Gasteiger charge is -2.32. The molecule has 140 valence electrons. The van der Waals surface area contributed by atoms with Gasteiger partial charge in [-0.3, -0.25) is 0 Å². The number of sulfonamides is 1. The number of hydrogen-bond acceptors (Lipinski definition) is 4. The summed E-state index contributed by atoms with van der Waals surface area (Å²) in [7, 11) is -3.47. The molecular formula is C20H27N3O2S. The molecule has 0 spiro atoms. The molecule has 1 aromatic heterocycles. The lowest BCUT2D eigenvalue weighted by atomic mass is 9.97. The fourth-order valence-corrected chi connectivity index (χ4v) is 4.86. The predicted molar refractivity (Wildman–Crippen MR) is 105 cm³/mol. The Kier molecular flexibility index (Phi) is 5.63. The summed E-state index contributed by atoms with van der Waals surface area (Å²) in [6, 6.07) is 9.64. The van der Waals surface area contributed by atoms with E-state index in [4.69, 9.17) is 0 Å². The summed E-state index contributed by atoms with van der Waals surface area (Å²) in [5.74, 6) is 1.36. The second kappa shape index (κ2) is 7.76. The topological polar surface area (TPSA) is 62.3 Å². The molecule has 1 aliphatic rings. The van der Waals surface area contributed by atoms with Gasteiger partial charge in [0.15, 0.2) is 0 Å². The Morgan fingerprint density at radius 1 is 1.08 bits per heavy atom. The van der Waals surface area contributed by atoms with Crippen molar-refractivity contribution in [3.05, 3.63) is 53.2 Å². The van der Waals surface area contributed by atoms with Crippen LogP contribution in [-0.4, -0.2) is 33.0 Å². The number of hydrogen-bond donors (Lipinski definition) is 1. The average Bonchev–Trinajstić information content (AvgIpc) is 2.64. The van der Waals surface area contributed by atoms with Crippen LogP contribution in [0.15, 0.2) is 41.4 Å². The van der Waals surface area contributed by atoms with Crippen molar-refractivity contribution in [3.8, 4) is 0 Å². The van der Waals surface area contributed by atoms with Crippen LogP contribution < -0.4 is 9.62 Å². The van der Waals surface area contributed by atoms with Crippen molar-refractivity contribution in [1.29, 1.82) is 0 Å². The van der Waals surface area contributed by atoms with Gasteiger partial charge >= 0.3 is 0 Å². The quantitative estimate of drug-likeness (QED) is 0.874. The van der Waals surface area contributed by atoms with Crippen LogP contribution in [0.25, 0.3) is 0 Å². The standard InChI is InChI=1S/C20H27N3O2S/c1-15-12-17(3)19(13-16(15)2)26(24,25)22-14-18-7-10-23(11-8-18)20-6-4-5-9-21-20/h4-6,9,12-13,18,22H,7-8,10-11,14H2,1-3H3. The lowest BCUT2D eigenvalue weighted by Crippen LogP contribution is -2.39. The smallest absolute Gasteiger partial charge is 0.240 e. The third-order valence-electron chi connectivity index (χ3n) is 5.23. The SMILES string of the molecule is Cc1cc(C)c(S(=O)(=O)NCC2CCN(c3ccccn3)CC2)cc1C. The van der Waals surface area contributed by atoms with E-state index in [0.29, 0.717) is 17.4 Å². The van der Waals surface area contributed by atoms with Gasteiger partial charge in [-0.1, -0.05) is 12.1 Å². The molecule has 1 N–H and O–H groups in total. The highest BCUT2D eigenvalue weighted by Crippen LogP contribution is 2.23. The Morgan fingerprint density at radius 3 is 2.42 bits per heavy atom. The number of rotatable bonds is 5. The second-order valence-corrected chi connectivity index (χ2v) is 8.91. The maximum Gasteiger partial charge on any atom is 0.240 e. The fourth-order valence-electron chi connectivity index (χ4n) is 3.44. The van der Waals surface area contributed by atoms with E-state index >= 15 is 0 Å². The summed E-state index contributed by atoms with van der Waals surface area (Å²) in [6.45, 7) is 8.11. The van der Waals surface area contributed by atoms with E-state index in [1.54, 1.807) is 12.3 Å². The Bertz CT molecular complexity index is 858. The zero-order valence-electron chi connectivity index (χ0n) is 15.7. The molecule has 1 fully saturated rings. The van der Waals surface area contributed by atoms with Crippen LogP contribution in [0, 0.1) is 26.7 Å². The monoisotopic (exact) mass is 373 g/mol. The minimum Gasteiger partial charge on any atom is -0.357 e. The molecule has 0 unspecified atom stereocenters. The molecule has 0 atom stereocenters. The van der Waals surface area contributed by atoms with Crippen molar-refractivity contribution < 1.29 is 8.42 Å². The van der Waals surface area contributed by atoms with E-state index in [1.165, 1.54) is 0 Å². The average molecular weight is 374 g/mol. The number of piperidine rings is 1. The number of benzene rings is 1. The number of anilines is 1. The molecule has 2 heterocycles. The first-order valence-corrected chi connectivity index (χ1v) is 10.6. The predicted octanol–water partition coefficient (Wildman–Crippen LogP) is 3.20. The molecule has 0 aliphatic carbocycles. The van der Waals surface area contributed by atoms with Gasteiger partial charge in [0.25, 0.3) is 0 Å². The van der Waals surface area contributed by atoms with E-state index in [0.717, 1.165) is 48.4 Å². The zero-order valence-corrected chi connectivity index (χ0v) is 16.5. The molecule has 0 bridgehead atoms. The Hall–Kier alpha value is -1.92. The summed E-state index contributed by atoms with van der Waals surface area (Å²) in [6.07, 6.45) is 3.73. The third kappa shape index (κ3) is 4.24. The highest BCUT2D eigenvalue weighted by molar-refractivity contribution is 7.89. The van der Waals surface area contributed by atoms with Crippen molar-refractivity contribution in [2.75, 3.05) is 24.5 Å². The molecular weight excluding hydrogens is 346 g/mol. The molecule has 1 aliphatic heterocycles. The van der Waals surface area contributed by atoms with Gasteiger partial charge in [-0.2, -0.15) is 0 Å². The lowest BCUT2D eigenvalue weighted by molar-refractivity contribution is 0.400. The van der Waals surface area contributed by atoms with E-state index < -0.39 is 10.0 Å². The van der Waals surface area contributed by atoms with Crippen molar-refractivity contribution in [3.63, 3.8) is 0 Å². The first-order valence-electron chi connectivity index (χ1n) is 9.10. The van der Waals surface area contributed by atoms with Crippen LogP contribution in [0.2, 0.25) is 0 Å². The molecule has 6 heteroatoms. The van der Waals surface area contributed by atoms with Gasteiger partial charge in [-0.15, -0.1) is 0 Å². The van der Waals surface area contributed by atoms with Crippen molar-refractivity contribution in [2.45, 2.75) is 38.5 Å². The summed E-state index contributed by atoms with van der Waals surface area (Å²) in [5, 5.41) is 0.